The molecule has 0 radical (unpaired) electrons. The van der Waals surface area contributed by atoms with Crippen LogP contribution in [0.2, 0.25) is 0 Å². The molecule has 1 rings (SSSR count). The molecule has 1 N–H and O–H groups in total. The van der Waals surface area contributed by atoms with E-state index in [1.165, 1.54) is 0 Å². The highest BCUT2D eigenvalue weighted by Crippen LogP contribution is 2.25. The van der Waals surface area contributed by atoms with E-state index in [2.05, 4.69) is 21.2 Å². The first-order valence-corrected chi connectivity index (χ1v) is 6.81. The van der Waals surface area contributed by atoms with E-state index in [0.29, 0.717) is 11.9 Å². The summed E-state index contributed by atoms with van der Waals surface area (Å²) in [5, 5.41) is 3.26. The van der Waals surface area contributed by atoms with Crippen molar-refractivity contribution in [3.63, 3.8) is 0 Å². The zero-order valence-corrected chi connectivity index (χ0v) is 11.1. The minimum atomic E-state index is -0.0900. The van der Waals surface area contributed by atoms with Crippen molar-refractivity contribution in [3.05, 3.63) is 0 Å². The number of carbonyl (C=O) groups is 2. The number of amides is 1. The van der Waals surface area contributed by atoms with Crippen LogP contribution in [0.1, 0.15) is 32.6 Å². The Morgan fingerprint density at radius 2 is 1.94 bits per heavy atom. The molecule has 0 atom stereocenters. The summed E-state index contributed by atoms with van der Waals surface area (Å²) in [5.41, 5.74) is 0. The van der Waals surface area contributed by atoms with Crippen molar-refractivity contribution in [2.45, 2.75) is 38.6 Å². The Morgan fingerprint density at radius 3 is 2.44 bits per heavy atom. The highest BCUT2D eigenvalue weighted by Gasteiger charge is 2.27. The number of nitrogens with one attached hydrogen (secondary N) is 1. The van der Waals surface area contributed by atoms with Gasteiger partial charge in [0.2, 0.25) is 5.91 Å². The van der Waals surface area contributed by atoms with Crippen LogP contribution in [0.25, 0.3) is 0 Å². The van der Waals surface area contributed by atoms with E-state index in [-0.39, 0.29) is 23.8 Å². The quantitative estimate of drug-likeness (QED) is 0.633. The molecule has 0 aromatic carbocycles. The van der Waals surface area contributed by atoms with Gasteiger partial charge in [-0.25, -0.2) is 0 Å². The number of ether oxygens (including phenoxy) is 1. The van der Waals surface area contributed by atoms with E-state index in [4.69, 9.17) is 4.74 Å². The minimum absolute atomic E-state index is 0.0135. The fourth-order valence-electron chi connectivity index (χ4n) is 2.00. The van der Waals surface area contributed by atoms with Crippen LogP contribution in [0.4, 0.5) is 0 Å². The maximum atomic E-state index is 11.5. The molecule has 0 spiro atoms. The summed E-state index contributed by atoms with van der Waals surface area (Å²) in [6.07, 6.45) is 3.35. The van der Waals surface area contributed by atoms with Crippen LogP contribution in [-0.4, -0.2) is 29.9 Å². The predicted molar refractivity (Wildman–Crippen MR) is 64.3 cm³/mol. The molecule has 0 unspecified atom stereocenters. The fraction of sp³-hybridized carbons (Fsp3) is 0.818. The van der Waals surface area contributed by atoms with Gasteiger partial charge >= 0.3 is 5.97 Å². The van der Waals surface area contributed by atoms with Gasteiger partial charge in [-0.15, -0.1) is 0 Å². The first-order valence-electron chi connectivity index (χ1n) is 5.69. The van der Waals surface area contributed by atoms with E-state index in [1.807, 2.05) is 6.92 Å². The molecule has 0 heterocycles. The third kappa shape index (κ3) is 4.12. The maximum Gasteiger partial charge on any atom is 0.308 e. The van der Waals surface area contributed by atoms with Crippen molar-refractivity contribution < 1.29 is 14.3 Å². The van der Waals surface area contributed by atoms with Crippen LogP contribution in [0.3, 0.4) is 0 Å². The summed E-state index contributed by atoms with van der Waals surface area (Å²) < 4.78 is 4.99. The molecule has 1 aliphatic rings. The monoisotopic (exact) mass is 291 g/mol. The molecule has 1 amide bonds. The number of esters is 1. The molecule has 1 saturated carbocycles. The lowest BCUT2D eigenvalue weighted by molar-refractivity contribution is -0.149. The van der Waals surface area contributed by atoms with Crippen LogP contribution in [0.5, 0.6) is 0 Å². The van der Waals surface area contributed by atoms with Gasteiger partial charge in [0.05, 0.1) is 17.9 Å². The summed E-state index contributed by atoms with van der Waals surface area (Å²) in [5.74, 6) is -0.0515. The molecular weight excluding hydrogens is 274 g/mol. The van der Waals surface area contributed by atoms with Crippen LogP contribution in [0.15, 0.2) is 0 Å². The Bertz CT molecular complexity index is 250. The summed E-state index contributed by atoms with van der Waals surface area (Å²) in [4.78, 5) is 22.6. The van der Waals surface area contributed by atoms with Gasteiger partial charge in [-0.05, 0) is 32.6 Å². The van der Waals surface area contributed by atoms with Crippen molar-refractivity contribution in [2.24, 2.45) is 5.92 Å². The normalized spacial score (nSPS) is 24.9. The van der Waals surface area contributed by atoms with Crippen molar-refractivity contribution >= 4 is 27.8 Å². The standard InChI is InChI=1S/C11H18BrNO3/c1-2-16-11(15)8-3-5-9(6-4-8)13-10(14)7-12/h8-9H,2-7H2,1H3,(H,13,14). The molecule has 92 valence electrons. The number of hydrogen-bond donors (Lipinski definition) is 1. The van der Waals surface area contributed by atoms with E-state index >= 15 is 0 Å². The third-order valence-electron chi connectivity index (χ3n) is 2.83. The van der Waals surface area contributed by atoms with Crippen molar-refractivity contribution in [1.82, 2.24) is 5.32 Å². The van der Waals surface area contributed by atoms with E-state index < -0.39 is 0 Å². The molecule has 0 aromatic heterocycles. The Morgan fingerprint density at radius 1 is 1.31 bits per heavy atom. The van der Waals surface area contributed by atoms with Gasteiger partial charge < -0.3 is 10.1 Å². The summed E-state index contributed by atoms with van der Waals surface area (Å²) in [6.45, 7) is 2.26. The molecule has 0 aromatic rings. The lowest BCUT2D eigenvalue weighted by Gasteiger charge is -2.27. The van der Waals surface area contributed by atoms with Gasteiger partial charge in [0.15, 0.2) is 0 Å². The number of halogens is 1. The highest BCUT2D eigenvalue weighted by molar-refractivity contribution is 9.09. The molecule has 4 nitrogen and oxygen atoms in total. The molecular formula is C11H18BrNO3. The van der Waals surface area contributed by atoms with Crippen molar-refractivity contribution in [2.75, 3.05) is 11.9 Å². The average Bonchev–Trinajstić information content (AvgIpc) is 2.30. The van der Waals surface area contributed by atoms with Gasteiger partial charge in [-0.1, -0.05) is 15.9 Å². The topological polar surface area (TPSA) is 55.4 Å². The van der Waals surface area contributed by atoms with E-state index in [0.717, 1.165) is 25.7 Å². The van der Waals surface area contributed by atoms with Crippen LogP contribution in [0, 0.1) is 5.92 Å². The average molecular weight is 292 g/mol. The number of carbonyl (C=O) groups excluding carboxylic acids is 2. The zero-order valence-electron chi connectivity index (χ0n) is 9.50. The fourth-order valence-corrected chi connectivity index (χ4v) is 2.16. The number of rotatable bonds is 4. The van der Waals surface area contributed by atoms with Gasteiger partial charge in [0.25, 0.3) is 0 Å². The lowest BCUT2D eigenvalue weighted by Crippen LogP contribution is -2.39. The predicted octanol–water partition coefficient (Wildman–Crippen LogP) is 1.62. The molecule has 1 fully saturated rings. The van der Waals surface area contributed by atoms with Crippen molar-refractivity contribution in [3.8, 4) is 0 Å². The molecule has 0 bridgehead atoms. The summed E-state index contributed by atoms with van der Waals surface area (Å²) in [6, 6.07) is 0.218. The van der Waals surface area contributed by atoms with Crippen LogP contribution >= 0.6 is 15.9 Å². The second-order valence-electron chi connectivity index (χ2n) is 4.00. The molecule has 16 heavy (non-hydrogen) atoms. The summed E-state index contributed by atoms with van der Waals surface area (Å²) in [7, 11) is 0. The minimum Gasteiger partial charge on any atom is -0.466 e. The van der Waals surface area contributed by atoms with E-state index in [1.54, 1.807) is 0 Å². The summed E-state index contributed by atoms with van der Waals surface area (Å²) >= 11 is 3.11. The maximum absolute atomic E-state index is 11.5. The first-order chi connectivity index (χ1) is 7.67. The largest absolute Gasteiger partial charge is 0.466 e. The Kier molecular flexibility index (Phi) is 5.80. The van der Waals surface area contributed by atoms with Crippen LogP contribution < -0.4 is 5.32 Å². The van der Waals surface area contributed by atoms with Gasteiger partial charge in [0.1, 0.15) is 0 Å². The smallest absolute Gasteiger partial charge is 0.308 e. The number of hydrogen-bond acceptors (Lipinski definition) is 3. The Balaban J connectivity index is 2.28. The Labute approximate surface area is 104 Å². The van der Waals surface area contributed by atoms with Gasteiger partial charge in [-0.2, -0.15) is 0 Å². The molecule has 0 aliphatic heterocycles. The number of alkyl halides is 1. The highest BCUT2D eigenvalue weighted by atomic mass is 79.9. The van der Waals surface area contributed by atoms with Crippen LogP contribution in [-0.2, 0) is 14.3 Å². The molecule has 1 aliphatic carbocycles. The first kappa shape index (κ1) is 13.5. The SMILES string of the molecule is CCOC(=O)C1CCC(NC(=O)CBr)CC1. The third-order valence-corrected chi connectivity index (χ3v) is 3.34. The molecule has 5 heteroatoms. The molecule has 0 saturated heterocycles. The second-order valence-corrected chi connectivity index (χ2v) is 4.56. The van der Waals surface area contributed by atoms with E-state index in [9.17, 15) is 9.59 Å². The second kappa shape index (κ2) is 6.89. The Hall–Kier alpha value is -0.580. The van der Waals surface area contributed by atoms with Gasteiger partial charge in [-0.3, -0.25) is 9.59 Å². The zero-order chi connectivity index (χ0) is 12.0. The van der Waals surface area contributed by atoms with Crippen molar-refractivity contribution in [1.29, 1.82) is 0 Å². The van der Waals surface area contributed by atoms with Gasteiger partial charge in [0, 0.05) is 6.04 Å². The lowest BCUT2D eigenvalue weighted by atomic mass is 9.86.